The number of aliphatic carboxylic acids is 1. The molecule has 0 radical (unpaired) electrons. The smallest absolute Gasteiger partial charge is 0.323 e. The Bertz CT molecular complexity index is 483. The van der Waals surface area contributed by atoms with Gasteiger partial charge in [-0.05, 0) is 26.7 Å². The summed E-state index contributed by atoms with van der Waals surface area (Å²) in [5.74, 6) is -2.24. The Morgan fingerprint density at radius 2 is 2.00 bits per heavy atom. The predicted octanol–water partition coefficient (Wildman–Crippen LogP) is -0.608. The lowest BCUT2D eigenvalue weighted by Gasteiger charge is -2.42. The molecule has 1 aliphatic carbocycles. The molecule has 0 spiro atoms. The summed E-state index contributed by atoms with van der Waals surface area (Å²) >= 11 is 0. The first kappa shape index (κ1) is 14.3. The van der Waals surface area contributed by atoms with Gasteiger partial charge in [-0.25, -0.2) is 4.79 Å². The lowest BCUT2D eigenvalue weighted by molar-refractivity contribution is -0.143. The van der Waals surface area contributed by atoms with E-state index in [4.69, 9.17) is 5.11 Å². The van der Waals surface area contributed by atoms with E-state index >= 15 is 0 Å². The molecule has 8 nitrogen and oxygen atoms in total. The monoisotopic (exact) mass is 283 g/mol. The second kappa shape index (κ2) is 4.77. The summed E-state index contributed by atoms with van der Waals surface area (Å²) in [6.07, 6.45) is 1.49. The van der Waals surface area contributed by atoms with Crippen molar-refractivity contribution >= 4 is 23.8 Å². The maximum Gasteiger partial charge on any atom is 0.323 e. The van der Waals surface area contributed by atoms with Gasteiger partial charge in [0.1, 0.15) is 18.6 Å². The van der Waals surface area contributed by atoms with Crippen LogP contribution in [0.1, 0.15) is 26.7 Å². The third kappa shape index (κ3) is 2.59. The first-order chi connectivity index (χ1) is 9.23. The van der Waals surface area contributed by atoms with Crippen LogP contribution in [0.4, 0.5) is 4.79 Å². The van der Waals surface area contributed by atoms with Crippen LogP contribution in [0.25, 0.3) is 0 Å². The van der Waals surface area contributed by atoms with Gasteiger partial charge in [-0.3, -0.25) is 19.7 Å². The average molecular weight is 283 g/mol. The van der Waals surface area contributed by atoms with E-state index in [1.54, 1.807) is 0 Å². The Labute approximate surface area is 115 Å². The summed E-state index contributed by atoms with van der Waals surface area (Å²) in [5, 5.41) is 11.1. The van der Waals surface area contributed by atoms with Crippen molar-refractivity contribution in [1.82, 2.24) is 15.1 Å². The number of carboxylic acid groups (broad SMARTS) is 1. The minimum Gasteiger partial charge on any atom is -0.480 e. The van der Waals surface area contributed by atoms with Crippen molar-refractivity contribution in [1.29, 1.82) is 0 Å². The number of nitrogens with one attached hydrogen (secondary N) is 1. The van der Waals surface area contributed by atoms with Crippen LogP contribution in [0.2, 0.25) is 0 Å². The first-order valence-electron chi connectivity index (χ1n) is 6.38. The number of carbonyl (C=O) groups is 4. The molecule has 0 aromatic heterocycles. The molecule has 1 saturated carbocycles. The maximum absolute atomic E-state index is 12.5. The zero-order valence-electron chi connectivity index (χ0n) is 11.4. The highest BCUT2D eigenvalue weighted by Crippen LogP contribution is 2.29. The molecular formula is C12H17N3O5. The molecule has 8 heteroatoms. The van der Waals surface area contributed by atoms with Crippen molar-refractivity contribution in [3.05, 3.63) is 0 Å². The fourth-order valence-electron chi connectivity index (χ4n) is 2.13. The number of hydrogen-bond acceptors (Lipinski definition) is 4. The van der Waals surface area contributed by atoms with Gasteiger partial charge in [0.25, 0.3) is 5.91 Å². The van der Waals surface area contributed by atoms with Gasteiger partial charge in [0.2, 0.25) is 5.91 Å². The third-order valence-corrected chi connectivity index (χ3v) is 3.55. The van der Waals surface area contributed by atoms with Gasteiger partial charge in [-0.2, -0.15) is 0 Å². The van der Waals surface area contributed by atoms with Crippen LogP contribution in [-0.4, -0.2) is 63.4 Å². The van der Waals surface area contributed by atoms with Gasteiger partial charge in [0.15, 0.2) is 0 Å². The van der Waals surface area contributed by atoms with Crippen LogP contribution in [0, 0.1) is 0 Å². The molecule has 4 amide bonds. The zero-order valence-corrected chi connectivity index (χ0v) is 11.4. The number of nitrogens with zero attached hydrogens (tertiary/aromatic N) is 2. The van der Waals surface area contributed by atoms with Gasteiger partial charge in [0.05, 0.1) is 0 Å². The van der Waals surface area contributed by atoms with Crippen LogP contribution in [-0.2, 0) is 14.4 Å². The lowest BCUT2D eigenvalue weighted by atomic mass is 9.99. The summed E-state index contributed by atoms with van der Waals surface area (Å²) < 4.78 is 0. The molecule has 0 atom stereocenters. The maximum atomic E-state index is 12.5. The third-order valence-electron chi connectivity index (χ3n) is 3.55. The van der Waals surface area contributed by atoms with Crippen LogP contribution < -0.4 is 5.32 Å². The number of carboxylic acids is 1. The first-order valence-corrected chi connectivity index (χ1v) is 6.38. The SMILES string of the molecule is CC1(C)C(=O)NC(=O)CN1C(=O)N(CC(=O)O)C1CC1. The highest BCUT2D eigenvalue weighted by atomic mass is 16.4. The molecule has 1 saturated heterocycles. The number of hydrogen-bond donors (Lipinski definition) is 2. The summed E-state index contributed by atoms with van der Waals surface area (Å²) in [6, 6.07) is -0.697. The minimum atomic E-state index is -1.18. The van der Waals surface area contributed by atoms with Crippen molar-refractivity contribution in [3.8, 4) is 0 Å². The normalized spacial score (nSPS) is 21.4. The Morgan fingerprint density at radius 3 is 2.50 bits per heavy atom. The summed E-state index contributed by atoms with van der Waals surface area (Å²) in [6.45, 7) is 2.38. The molecular weight excluding hydrogens is 266 g/mol. The lowest BCUT2D eigenvalue weighted by Crippen LogP contribution is -2.67. The van der Waals surface area contributed by atoms with E-state index in [1.165, 1.54) is 18.7 Å². The number of rotatable bonds is 3. The van der Waals surface area contributed by atoms with Crippen molar-refractivity contribution in [2.45, 2.75) is 38.3 Å². The van der Waals surface area contributed by atoms with Gasteiger partial charge >= 0.3 is 12.0 Å². The molecule has 2 fully saturated rings. The second-order valence-electron chi connectivity index (χ2n) is 5.56. The van der Waals surface area contributed by atoms with E-state index < -0.39 is 35.9 Å². The van der Waals surface area contributed by atoms with Crippen molar-refractivity contribution in [3.63, 3.8) is 0 Å². The van der Waals surface area contributed by atoms with Gasteiger partial charge in [0, 0.05) is 6.04 Å². The van der Waals surface area contributed by atoms with Crippen LogP contribution in [0.3, 0.4) is 0 Å². The molecule has 1 aliphatic heterocycles. The Kier molecular flexibility index (Phi) is 3.41. The van der Waals surface area contributed by atoms with Crippen LogP contribution >= 0.6 is 0 Å². The molecule has 0 aromatic rings. The van der Waals surface area contributed by atoms with Gasteiger partial charge in [-0.1, -0.05) is 0 Å². The standard InChI is InChI=1S/C12H17N3O5/c1-12(2)10(19)13-8(16)5-15(12)11(20)14(6-9(17)18)7-3-4-7/h7H,3-6H2,1-2H3,(H,17,18)(H,13,16,19). The summed E-state index contributed by atoms with van der Waals surface area (Å²) in [4.78, 5) is 48.9. The van der Waals surface area contributed by atoms with E-state index in [0.717, 1.165) is 17.7 Å². The number of amides is 4. The molecule has 2 N–H and O–H groups in total. The Morgan fingerprint density at radius 1 is 1.40 bits per heavy atom. The average Bonchev–Trinajstić information content (AvgIpc) is 3.14. The highest BCUT2D eigenvalue weighted by molar-refractivity contribution is 6.06. The Balaban J connectivity index is 2.22. The fraction of sp³-hybridized carbons (Fsp3) is 0.667. The second-order valence-corrected chi connectivity index (χ2v) is 5.56. The van der Waals surface area contributed by atoms with Crippen molar-refractivity contribution in [2.24, 2.45) is 0 Å². The van der Waals surface area contributed by atoms with Crippen molar-refractivity contribution in [2.75, 3.05) is 13.1 Å². The number of urea groups is 1. The number of piperazine rings is 1. The largest absolute Gasteiger partial charge is 0.480 e. The van der Waals surface area contributed by atoms with Gasteiger partial charge < -0.3 is 14.9 Å². The van der Waals surface area contributed by atoms with E-state index in [2.05, 4.69) is 5.32 Å². The minimum absolute atomic E-state index is 0.116. The highest BCUT2D eigenvalue weighted by Gasteiger charge is 2.47. The van der Waals surface area contributed by atoms with Crippen LogP contribution in [0.5, 0.6) is 0 Å². The molecule has 2 rings (SSSR count). The topological polar surface area (TPSA) is 107 Å². The zero-order chi connectivity index (χ0) is 15.1. The molecule has 1 heterocycles. The Hall–Kier alpha value is -2.12. The quantitative estimate of drug-likeness (QED) is 0.672. The van der Waals surface area contributed by atoms with E-state index in [1.807, 2.05) is 0 Å². The van der Waals surface area contributed by atoms with Crippen LogP contribution in [0.15, 0.2) is 0 Å². The predicted molar refractivity (Wildman–Crippen MR) is 66.7 cm³/mol. The molecule has 20 heavy (non-hydrogen) atoms. The number of carbonyl (C=O) groups excluding carboxylic acids is 3. The summed E-state index contributed by atoms with van der Waals surface area (Å²) in [5.41, 5.74) is -1.18. The van der Waals surface area contributed by atoms with Crippen molar-refractivity contribution < 1.29 is 24.3 Å². The molecule has 110 valence electrons. The van der Waals surface area contributed by atoms with E-state index in [0.29, 0.717) is 0 Å². The fourth-order valence-corrected chi connectivity index (χ4v) is 2.13. The van der Waals surface area contributed by atoms with Gasteiger partial charge in [-0.15, -0.1) is 0 Å². The molecule has 0 aromatic carbocycles. The molecule has 2 aliphatic rings. The number of imide groups is 1. The molecule has 0 bridgehead atoms. The van der Waals surface area contributed by atoms with E-state index in [-0.39, 0.29) is 12.6 Å². The van der Waals surface area contributed by atoms with E-state index in [9.17, 15) is 19.2 Å². The summed E-state index contributed by atoms with van der Waals surface area (Å²) in [7, 11) is 0. The molecule has 0 unspecified atom stereocenters.